The number of fused-ring (bicyclic) bond motifs is 2. The Balaban J connectivity index is 2.33. The normalized spacial score (nSPS) is 14.6. The molecule has 4 heteroatoms. The number of nitrogens with one attached hydrogen (secondary N) is 1. The summed E-state index contributed by atoms with van der Waals surface area (Å²) in [5.74, 6) is 0. The van der Waals surface area contributed by atoms with Gasteiger partial charge in [-0.15, -0.1) is 0 Å². The van der Waals surface area contributed by atoms with Gasteiger partial charge in [-0.05, 0) is 28.9 Å². The van der Waals surface area contributed by atoms with Gasteiger partial charge in [0.1, 0.15) is 0 Å². The van der Waals surface area contributed by atoms with Gasteiger partial charge < -0.3 is 10.1 Å². The van der Waals surface area contributed by atoms with Crippen molar-refractivity contribution in [2.75, 3.05) is 18.5 Å². The van der Waals surface area contributed by atoms with Crippen molar-refractivity contribution >= 4 is 32.5 Å². The van der Waals surface area contributed by atoms with E-state index in [0.717, 1.165) is 40.6 Å². The van der Waals surface area contributed by atoms with E-state index >= 15 is 0 Å². The average molecular weight is 307 g/mol. The highest BCUT2D eigenvalue weighted by Gasteiger charge is 2.18. The molecule has 1 aromatic heterocycles. The predicted molar refractivity (Wildman–Crippen MR) is 77.0 cm³/mol. The Morgan fingerprint density at radius 1 is 1.44 bits per heavy atom. The van der Waals surface area contributed by atoms with Gasteiger partial charge >= 0.3 is 0 Å². The Bertz CT molecular complexity index is 598. The fraction of sp³-hybridized carbons (Fsp3) is 0.357. The number of benzene rings is 1. The Morgan fingerprint density at radius 3 is 3.17 bits per heavy atom. The van der Waals surface area contributed by atoms with Crippen LogP contribution in [-0.2, 0) is 17.8 Å². The van der Waals surface area contributed by atoms with Gasteiger partial charge in [0.25, 0.3) is 0 Å². The molecule has 1 N–H and O–H groups in total. The third-order valence-electron chi connectivity index (χ3n) is 3.24. The summed E-state index contributed by atoms with van der Waals surface area (Å²) in [5.41, 5.74) is 4.60. The monoisotopic (exact) mass is 306 g/mol. The van der Waals surface area contributed by atoms with E-state index in [0.29, 0.717) is 6.61 Å². The lowest BCUT2D eigenvalue weighted by Crippen LogP contribution is -2.15. The van der Waals surface area contributed by atoms with Gasteiger partial charge in [-0.2, -0.15) is 0 Å². The molecule has 0 saturated carbocycles. The lowest BCUT2D eigenvalue weighted by Gasteiger charge is -2.21. The number of nitrogens with zero attached hydrogens (tertiary/aromatic N) is 1. The first-order valence-corrected chi connectivity index (χ1v) is 7.02. The maximum absolute atomic E-state index is 5.57. The minimum Gasteiger partial charge on any atom is -0.384 e. The molecule has 1 aromatic carbocycles. The van der Waals surface area contributed by atoms with E-state index in [4.69, 9.17) is 9.72 Å². The molecule has 0 amide bonds. The van der Waals surface area contributed by atoms with E-state index in [9.17, 15) is 0 Å². The molecule has 0 saturated heterocycles. The first-order valence-electron chi connectivity index (χ1n) is 6.23. The highest BCUT2D eigenvalue weighted by Crippen LogP contribution is 2.34. The summed E-state index contributed by atoms with van der Waals surface area (Å²) in [6, 6.07) is 6.20. The first kappa shape index (κ1) is 11.9. The summed E-state index contributed by atoms with van der Waals surface area (Å²) in [7, 11) is 0. The molecule has 94 valence electrons. The summed E-state index contributed by atoms with van der Waals surface area (Å²) in [6.45, 7) is 4.44. The Morgan fingerprint density at radius 2 is 2.33 bits per heavy atom. The van der Waals surface area contributed by atoms with E-state index in [2.05, 4.69) is 34.2 Å². The van der Waals surface area contributed by atoms with Crippen LogP contribution in [0.3, 0.4) is 0 Å². The van der Waals surface area contributed by atoms with Crippen molar-refractivity contribution in [1.29, 1.82) is 0 Å². The minimum absolute atomic E-state index is 0.660. The maximum Gasteiger partial charge on any atom is 0.0868 e. The van der Waals surface area contributed by atoms with Crippen molar-refractivity contribution in [3.05, 3.63) is 33.9 Å². The van der Waals surface area contributed by atoms with E-state index in [1.54, 1.807) is 0 Å². The standard InChI is InChI=1S/C14H15BrN2O/c1-2-16-13-9-4-3-5-11(15)14(9)17-12-6-7-18-8-10(12)13/h3-5H,2,6-8H2,1H3,(H,16,17). The van der Waals surface area contributed by atoms with Crippen molar-refractivity contribution < 1.29 is 4.74 Å². The second kappa shape index (κ2) is 4.86. The first-order chi connectivity index (χ1) is 8.81. The van der Waals surface area contributed by atoms with Crippen LogP contribution in [0.2, 0.25) is 0 Å². The van der Waals surface area contributed by atoms with E-state index in [1.807, 2.05) is 12.1 Å². The third-order valence-corrected chi connectivity index (χ3v) is 3.88. The van der Waals surface area contributed by atoms with E-state index < -0.39 is 0 Å². The zero-order chi connectivity index (χ0) is 12.5. The molecule has 0 fully saturated rings. The van der Waals surface area contributed by atoms with Gasteiger partial charge in [-0.1, -0.05) is 12.1 Å². The molecule has 3 nitrogen and oxygen atoms in total. The summed E-state index contributed by atoms with van der Waals surface area (Å²) in [4.78, 5) is 4.79. The fourth-order valence-corrected chi connectivity index (χ4v) is 2.88. The van der Waals surface area contributed by atoms with Crippen molar-refractivity contribution in [3.63, 3.8) is 0 Å². The van der Waals surface area contributed by atoms with Crippen LogP contribution >= 0.6 is 15.9 Å². The lowest BCUT2D eigenvalue weighted by atomic mass is 10.0. The van der Waals surface area contributed by atoms with Crippen LogP contribution in [-0.4, -0.2) is 18.1 Å². The number of anilines is 1. The fourth-order valence-electron chi connectivity index (χ4n) is 2.42. The van der Waals surface area contributed by atoms with Crippen LogP contribution in [0, 0.1) is 0 Å². The lowest BCUT2D eigenvalue weighted by molar-refractivity contribution is 0.110. The molecule has 0 aliphatic carbocycles. The smallest absolute Gasteiger partial charge is 0.0868 e. The second-order valence-electron chi connectivity index (χ2n) is 4.38. The Hall–Kier alpha value is -1.13. The summed E-state index contributed by atoms with van der Waals surface area (Å²) in [6.07, 6.45) is 0.894. The van der Waals surface area contributed by atoms with Crippen molar-refractivity contribution in [2.24, 2.45) is 0 Å². The predicted octanol–water partition coefficient (Wildman–Crippen LogP) is 3.50. The highest BCUT2D eigenvalue weighted by molar-refractivity contribution is 9.10. The molecule has 0 radical (unpaired) electrons. The molecule has 0 spiro atoms. The van der Waals surface area contributed by atoms with Gasteiger partial charge in [0.2, 0.25) is 0 Å². The quantitative estimate of drug-likeness (QED) is 0.922. The third kappa shape index (κ3) is 1.89. The largest absolute Gasteiger partial charge is 0.384 e. The van der Waals surface area contributed by atoms with Crippen LogP contribution in [0.5, 0.6) is 0 Å². The molecule has 18 heavy (non-hydrogen) atoms. The molecule has 2 heterocycles. The summed E-state index contributed by atoms with van der Waals surface area (Å²) < 4.78 is 6.62. The SMILES string of the molecule is CCNc1c2c(nc3c(Br)cccc13)CCOC2. The number of rotatable bonds is 2. The van der Waals surface area contributed by atoms with Crippen molar-refractivity contribution in [1.82, 2.24) is 4.98 Å². The number of ether oxygens (including phenoxy) is 1. The van der Waals surface area contributed by atoms with Crippen LogP contribution in [0.4, 0.5) is 5.69 Å². The van der Waals surface area contributed by atoms with E-state index in [-0.39, 0.29) is 0 Å². The molecule has 3 rings (SSSR count). The Labute approximate surface area is 115 Å². The zero-order valence-corrected chi connectivity index (χ0v) is 11.9. The van der Waals surface area contributed by atoms with E-state index in [1.165, 1.54) is 11.3 Å². The van der Waals surface area contributed by atoms with Gasteiger partial charge in [-0.25, -0.2) is 0 Å². The highest BCUT2D eigenvalue weighted by atomic mass is 79.9. The van der Waals surface area contributed by atoms with Crippen LogP contribution in [0.15, 0.2) is 22.7 Å². The van der Waals surface area contributed by atoms with Gasteiger partial charge in [-0.3, -0.25) is 4.98 Å². The molecule has 0 bridgehead atoms. The minimum atomic E-state index is 0.660. The van der Waals surface area contributed by atoms with Gasteiger partial charge in [0.15, 0.2) is 0 Å². The number of aromatic nitrogens is 1. The molecule has 1 aliphatic heterocycles. The number of hydrogen-bond acceptors (Lipinski definition) is 3. The number of para-hydroxylation sites is 1. The summed E-state index contributed by atoms with van der Waals surface area (Å²) in [5, 5.41) is 4.63. The molecular weight excluding hydrogens is 292 g/mol. The van der Waals surface area contributed by atoms with Gasteiger partial charge in [0, 0.05) is 28.4 Å². The number of pyridine rings is 1. The molecule has 0 atom stereocenters. The number of halogens is 1. The Kier molecular flexibility index (Phi) is 3.22. The second-order valence-corrected chi connectivity index (χ2v) is 5.24. The topological polar surface area (TPSA) is 34.2 Å². The number of hydrogen-bond donors (Lipinski definition) is 1. The van der Waals surface area contributed by atoms with Gasteiger partial charge in [0.05, 0.1) is 30.1 Å². The van der Waals surface area contributed by atoms with Crippen molar-refractivity contribution in [2.45, 2.75) is 20.0 Å². The average Bonchev–Trinajstić information content (AvgIpc) is 2.40. The molecule has 0 unspecified atom stereocenters. The summed E-state index contributed by atoms with van der Waals surface area (Å²) >= 11 is 3.59. The van der Waals surface area contributed by atoms with Crippen molar-refractivity contribution in [3.8, 4) is 0 Å². The molecule has 1 aliphatic rings. The maximum atomic E-state index is 5.57. The molecule has 2 aromatic rings. The van der Waals surface area contributed by atoms with Crippen LogP contribution in [0.25, 0.3) is 10.9 Å². The zero-order valence-electron chi connectivity index (χ0n) is 10.3. The molecular formula is C14H15BrN2O. The van der Waals surface area contributed by atoms with Crippen LogP contribution in [0.1, 0.15) is 18.2 Å². The van der Waals surface area contributed by atoms with Crippen LogP contribution < -0.4 is 5.32 Å².